The second-order valence-electron chi connectivity index (χ2n) is 4.77. The van der Waals surface area contributed by atoms with Crippen LogP contribution in [0.4, 0.5) is 11.4 Å². The van der Waals surface area contributed by atoms with Crippen LogP contribution < -0.4 is 16.4 Å². The van der Waals surface area contributed by atoms with Crippen molar-refractivity contribution in [1.29, 1.82) is 0 Å². The van der Waals surface area contributed by atoms with Crippen LogP contribution in [0, 0.1) is 0 Å². The molecule has 0 saturated carbocycles. The van der Waals surface area contributed by atoms with Crippen molar-refractivity contribution in [2.75, 3.05) is 31.3 Å². The van der Waals surface area contributed by atoms with Crippen LogP contribution in [0.2, 0.25) is 0 Å². The predicted molar refractivity (Wildman–Crippen MR) is 84.1 cm³/mol. The van der Waals surface area contributed by atoms with Crippen LogP contribution in [0.1, 0.15) is 6.92 Å². The van der Waals surface area contributed by atoms with Gasteiger partial charge in [0.2, 0.25) is 5.91 Å². The molecular formula is C15H20N4O2. The van der Waals surface area contributed by atoms with E-state index in [2.05, 4.69) is 15.6 Å². The van der Waals surface area contributed by atoms with Gasteiger partial charge in [-0.1, -0.05) is 6.07 Å². The zero-order chi connectivity index (χ0) is 15.2. The summed E-state index contributed by atoms with van der Waals surface area (Å²) >= 11 is 0. The third-order valence-corrected chi connectivity index (χ3v) is 3.23. The SMILES string of the molecule is COCCNC(=O)C(C)Nc1ccc2cnccc2c1N. The summed E-state index contributed by atoms with van der Waals surface area (Å²) in [5.41, 5.74) is 7.50. The zero-order valence-corrected chi connectivity index (χ0v) is 12.2. The molecule has 0 fully saturated rings. The minimum atomic E-state index is -0.386. The molecule has 0 spiro atoms. The smallest absolute Gasteiger partial charge is 0.242 e. The zero-order valence-electron chi connectivity index (χ0n) is 12.2. The summed E-state index contributed by atoms with van der Waals surface area (Å²) in [5.74, 6) is -0.0960. The Hall–Kier alpha value is -2.34. The lowest BCUT2D eigenvalue weighted by Gasteiger charge is -2.17. The Kier molecular flexibility index (Phi) is 4.94. The number of aromatic nitrogens is 1. The Morgan fingerprint density at radius 2 is 2.24 bits per heavy atom. The Balaban J connectivity index is 2.09. The van der Waals surface area contributed by atoms with E-state index in [1.54, 1.807) is 26.4 Å². The molecule has 6 nitrogen and oxygen atoms in total. The molecule has 0 aliphatic rings. The molecule has 0 radical (unpaired) electrons. The van der Waals surface area contributed by atoms with E-state index in [-0.39, 0.29) is 11.9 Å². The highest BCUT2D eigenvalue weighted by atomic mass is 16.5. The standard InChI is InChI=1S/C15H20N4O2/c1-10(15(20)18-7-8-21-2)19-13-4-3-11-9-17-6-5-12(11)14(13)16/h3-6,9-10,19H,7-8,16H2,1-2H3,(H,18,20). The second kappa shape index (κ2) is 6.90. The molecule has 2 aromatic rings. The lowest BCUT2D eigenvalue weighted by atomic mass is 10.1. The van der Waals surface area contributed by atoms with Crippen molar-refractivity contribution in [1.82, 2.24) is 10.3 Å². The highest BCUT2D eigenvalue weighted by Gasteiger charge is 2.14. The minimum absolute atomic E-state index is 0.0960. The van der Waals surface area contributed by atoms with E-state index in [0.717, 1.165) is 16.5 Å². The number of carbonyl (C=O) groups excluding carboxylic acids is 1. The van der Waals surface area contributed by atoms with E-state index in [9.17, 15) is 4.79 Å². The predicted octanol–water partition coefficient (Wildman–Crippen LogP) is 1.38. The fourth-order valence-corrected chi connectivity index (χ4v) is 2.05. The van der Waals surface area contributed by atoms with Gasteiger partial charge in [-0.05, 0) is 19.1 Å². The van der Waals surface area contributed by atoms with Gasteiger partial charge in [0, 0.05) is 36.8 Å². The maximum absolute atomic E-state index is 11.9. The van der Waals surface area contributed by atoms with Crippen LogP contribution in [-0.4, -0.2) is 37.2 Å². The normalized spacial score (nSPS) is 12.1. The maximum atomic E-state index is 11.9. The number of fused-ring (bicyclic) bond motifs is 1. The topological polar surface area (TPSA) is 89.3 Å². The number of rotatable bonds is 6. The van der Waals surface area contributed by atoms with E-state index in [1.807, 2.05) is 18.2 Å². The largest absolute Gasteiger partial charge is 0.397 e. The molecule has 0 saturated heterocycles. The minimum Gasteiger partial charge on any atom is -0.397 e. The molecule has 2 rings (SSSR count). The molecule has 21 heavy (non-hydrogen) atoms. The van der Waals surface area contributed by atoms with Gasteiger partial charge in [0.1, 0.15) is 6.04 Å². The molecule has 0 aliphatic heterocycles. The third kappa shape index (κ3) is 3.61. The lowest BCUT2D eigenvalue weighted by molar-refractivity contribution is -0.121. The van der Waals surface area contributed by atoms with Gasteiger partial charge >= 0.3 is 0 Å². The number of nitrogens with zero attached hydrogens (tertiary/aromatic N) is 1. The van der Waals surface area contributed by atoms with Crippen molar-refractivity contribution >= 4 is 28.1 Å². The number of anilines is 2. The summed E-state index contributed by atoms with van der Waals surface area (Å²) in [5, 5.41) is 7.80. The van der Waals surface area contributed by atoms with E-state index < -0.39 is 0 Å². The highest BCUT2D eigenvalue weighted by Crippen LogP contribution is 2.28. The number of nitrogen functional groups attached to an aromatic ring is 1. The molecule has 1 atom stereocenters. The van der Waals surface area contributed by atoms with E-state index >= 15 is 0 Å². The first-order valence-corrected chi connectivity index (χ1v) is 6.79. The van der Waals surface area contributed by atoms with Crippen LogP contribution in [-0.2, 0) is 9.53 Å². The number of benzene rings is 1. The number of nitrogens with two attached hydrogens (primary N) is 1. The fraction of sp³-hybridized carbons (Fsp3) is 0.333. The second-order valence-corrected chi connectivity index (χ2v) is 4.77. The summed E-state index contributed by atoms with van der Waals surface area (Å²) < 4.78 is 4.90. The summed E-state index contributed by atoms with van der Waals surface area (Å²) in [6, 6.07) is 5.26. The number of pyridine rings is 1. The maximum Gasteiger partial charge on any atom is 0.242 e. The van der Waals surface area contributed by atoms with Crippen LogP contribution in [0.25, 0.3) is 10.8 Å². The number of hydrogen-bond acceptors (Lipinski definition) is 5. The van der Waals surface area contributed by atoms with Gasteiger partial charge in [0.25, 0.3) is 0 Å². The van der Waals surface area contributed by atoms with Gasteiger partial charge in [0.15, 0.2) is 0 Å². The molecule has 1 heterocycles. The Labute approximate surface area is 123 Å². The Bertz CT molecular complexity index is 630. The van der Waals surface area contributed by atoms with Gasteiger partial charge in [0.05, 0.1) is 18.0 Å². The molecule has 0 aliphatic carbocycles. The molecule has 4 N–H and O–H groups in total. The number of nitrogens with one attached hydrogen (secondary N) is 2. The molecule has 112 valence electrons. The van der Waals surface area contributed by atoms with Gasteiger partial charge in [-0.25, -0.2) is 0 Å². The molecule has 1 unspecified atom stereocenters. The monoisotopic (exact) mass is 288 g/mol. The summed E-state index contributed by atoms with van der Waals surface area (Å²) in [6.45, 7) is 2.77. The highest BCUT2D eigenvalue weighted by molar-refractivity contribution is 5.99. The number of methoxy groups -OCH3 is 1. The third-order valence-electron chi connectivity index (χ3n) is 3.23. The van der Waals surface area contributed by atoms with Crippen LogP contribution >= 0.6 is 0 Å². The number of hydrogen-bond donors (Lipinski definition) is 3. The molecule has 1 aromatic heterocycles. The Morgan fingerprint density at radius 1 is 1.43 bits per heavy atom. The van der Waals surface area contributed by atoms with Gasteiger partial charge in [-0.2, -0.15) is 0 Å². The number of carbonyl (C=O) groups is 1. The van der Waals surface area contributed by atoms with Crippen molar-refractivity contribution in [2.24, 2.45) is 0 Å². The van der Waals surface area contributed by atoms with E-state index in [0.29, 0.717) is 18.8 Å². The van der Waals surface area contributed by atoms with Crippen molar-refractivity contribution < 1.29 is 9.53 Å². The number of ether oxygens (including phenoxy) is 1. The Morgan fingerprint density at radius 3 is 3.00 bits per heavy atom. The molecule has 0 bridgehead atoms. The lowest BCUT2D eigenvalue weighted by Crippen LogP contribution is -2.39. The first-order valence-electron chi connectivity index (χ1n) is 6.79. The van der Waals surface area contributed by atoms with Gasteiger partial charge in [-0.3, -0.25) is 9.78 Å². The van der Waals surface area contributed by atoms with Crippen molar-refractivity contribution in [2.45, 2.75) is 13.0 Å². The average molecular weight is 288 g/mol. The first-order chi connectivity index (χ1) is 10.1. The summed E-state index contributed by atoms with van der Waals surface area (Å²) in [6.07, 6.45) is 3.46. The van der Waals surface area contributed by atoms with E-state index in [1.165, 1.54) is 0 Å². The quantitative estimate of drug-likeness (QED) is 0.552. The van der Waals surface area contributed by atoms with Gasteiger partial charge < -0.3 is 21.1 Å². The molecule has 1 amide bonds. The van der Waals surface area contributed by atoms with Crippen molar-refractivity contribution in [3.8, 4) is 0 Å². The van der Waals surface area contributed by atoms with Crippen LogP contribution in [0.5, 0.6) is 0 Å². The van der Waals surface area contributed by atoms with E-state index in [4.69, 9.17) is 10.5 Å². The number of amides is 1. The van der Waals surface area contributed by atoms with Crippen molar-refractivity contribution in [3.05, 3.63) is 30.6 Å². The molecule has 6 heteroatoms. The van der Waals surface area contributed by atoms with Crippen LogP contribution in [0.15, 0.2) is 30.6 Å². The molecule has 1 aromatic carbocycles. The van der Waals surface area contributed by atoms with Gasteiger partial charge in [-0.15, -0.1) is 0 Å². The summed E-state index contributed by atoms with van der Waals surface area (Å²) in [4.78, 5) is 16.0. The van der Waals surface area contributed by atoms with Crippen molar-refractivity contribution in [3.63, 3.8) is 0 Å². The summed E-state index contributed by atoms with van der Waals surface area (Å²) in [7, 11) is 1.60. The molecular weight excluding hydrogens is 268 g/mol. The van der Waals surface area contributed by atoms with Crippen LogP contribution in [0.3, 0.4) is 0 Å². The first kappa shape index (κ1) is 15.1. The fourth-order valence-electron chi connectivity index (χ4n) is 2.05. The average Bonchev–Trinajstić information content (AvgIpc) is 2.50.